The highest BCUT2D eigenvalue weighted by Gasteiger charge is 2.23. The Labute approximate surface area is 167 Å². The van der Waals surface area contributed by atoms with Gasteiger partial charge in [-0.05, 0) is 43.9 Å². The first-order valence-corrected chi connectivity index (χ1v) is 10.1. The maximum Gasteiger partial charge on any atom is 0.332 e. The van der Waals surface area contributed by atoms with Gasteiger partial charge >= 0.3 is 5.69 Å². The van der Waals surface area contributed by atoms with Gasteiger partial charge in [0.05, 0.1) is 6.54 Å². The van der Waals surface area contributed by atoms with Gasteiger partial charge in [0.2, 0.25) is 5.95 Å². The number of nitrogens with zero attached hydrogens (tertiary/aromatic N) is 5. The van der Waals surface area contributed by atoms with Crippen molar-refractivity contribution < 1.29 is 0 Å². The Morgan fingerprint density at radius 3 is 2.36 bits per heavy atom. The molecule has 2 aromatic heterocycles. The van der Waals surface area contributed by atoms with Gasteiger partial charge in [-0.3, -0.25) is 13.9 Å². The number of halogens is 1. The topological polar surface area (TPSA) is 65.1 Å². The van der Waals surface area contributed by atoms with Crippen LogP contribution in [0.3, 0.4) is 0 Å². The van der Waals surface area contributed by atoms with Crippen LogP contribution in [0.5, 0.6) is 0 Å². The average molecular weight is 402 g/mol. The number of aromatic nitrogens is 4. The molecule has 0 bridgehead atoms. The van der Waals surface area contributed by atoms with Crippen molar-refractivity contribution in [3.8, 4) is 0 Å². The molecule has 0 unspecified atom stereocenters. The van der Waals surface area contributed by atoms with E-state index in [1.165, 1.54) is 15.6 Å². The molecule has 0 atom stereocenters. The molecule has 0 saturated carbocycles. The van der Waals surface area contributed by atoms with Crippen LogP contribution >= 0.6 is 11.6 Å². The third-order valence-electron chi connectivity index (χ3n) is 5.42. The number of hydrogen-bond donors (Lipinski definition) is 0. The van der Waals surface area contributed by atoms with Gasteiger partial charge in [0.15, 0.2) is 11.2 Å². The second-order valence-electron chi connectivity index (χ2n) is 7.24. The van der Waals surface area contributed by atoms with Crippen LogP contribution in [0.4, 0.5) is 5.95 Å². The van der Waals surface area contributed by atoms with Gasteiger partial charge in [-0.2, -0.15) is 4.98 Å². The predicted octanol–water partition coefficient (Wildman–Crippen LogP) is 2.61. The molecule has 148 valence electrons. The Hall–Kier alpha value is -2.54. The molecular formula is C20H24ClN5O2. The first kappa shape index (κ1) is 18.8. The first-order chi connectivity index (χ1) is 13.5. The molecule has 3 aromatic rings. The normalized spacial score (nSPS) is 14.8. The number of piperidine rings is 1. The summed E-state index contributed by atoms with van der Waals surface area (Å²) in [4.78, 5) is 33.1. The Balaban J connectivity index is 1.89. The molecule has 1 aromatic carbocycles. The Kier molecular flexibility index (Phi) is 5.02. The fourth-order valence-electron chi connectivity index (χ4n) is 3.91. The van der Waals surface area contributed by atoms with Crippen LogP contribution in [0.1, 0.15) is 31.7 Å². The van der Waals surface area contributed by atoms with E-state index in [2.05, 4.69) is 4.90 Å². The van der Waals surface area contributed by atoms with E-state index in [0.29, 0.717) is 22.7 Å². The Bertz CT molecular complexity index is 1120. The highest BCUT2D eigenvalue weighted by atomic mass is 35.5. The lowest BCUT2D eigenvalue weighted by Gasteiger charge is -2.27. The number of anilines is 1. The number of imidazole rings is 1. The van der Waals surface area contributed by atoms with Crippen LogP contribution in [0.25, 0.3) is 11.2 Å². The molecular weight excluding hydrogens is 378 g/mol. The molecule has 4 rings (SSSR count). The smallest absolute Gasteiger partial charge is 0.332 e. The van der Waals surface area contributed by atoms with Crippen molar-refractivity contribution in [2.75, 3.05) is 18.0 Å². The molecule has 8 heteroatoms. The summed E-state index contributed by atoms with van der Waals surface area (Å²) in [5, 5.41) is 0.620. The van der Waals surface area contributed by atoms with E-state index in [1.54, 1.807) is 19.2 Å². The molecule has 28 heavy (non-hydrogen) atoms. The number of aryl methyl sites for hydroxylation is 2. The molecule has 0 spiro atoms. The minimum absolute atomic E-state index is 0.201. The van der Waals surface area contributed by atoms with Crippen LogP contribution in [0.15, 0.2) is 33.9 Å². The van der Waals surface area contributed by atoms with Crippen molar-refractivity contribution in [1.82, 2.24) is 18.7 Å². The molecule has 1 aliphatic rings. The third kappa shape index (κ3) is 3.13. The van der Waals surface area contributed by atoms with Crippen LogP contribution < -0.4 is 16.1 Å². The summed E-state index contributed by atoms with van der Waals surface area (Å²) in [7, 11) is 1.68. The molecule has 0 N–H and O–H groups in total. The van der Waals surface area contributed by atoms with Gasteiger partial charge in [0, 0.05) is 31.7 Å². The number of hydrogen-bond acceptors (Lipinski definition) is 4. The summed E-state index contributed by atoms with van der Waals surface area (Å²) in [6.07, 6.45) is 3.45. The molecule has 1 aliphatic heterocycles. The van der Waals surface area contributed by atoms with E-state index >= 15 is 0 Å². The summed E-state index contributed by atoms with van der Waals surface area (Å²) in [5.41, 5.74) is 1.12. The van der Waals surface area contributed by atoms with Gasteiger partial charge in [-0.1, -0.05) is 23.7 Å². The fourth-order valence-corrected chi connectivity index (χ4v) is 4.03. The van der Waals surface area contributed by atoms with E-state index in [0.717, 1.165) is 37.4 Å². The Morgan fingerprint density at radius 2 is 1.71 bits per heavy atom. The van der Waals surface area contributed by atoms with Gasteiger partial charge < -0.3 is 9.47 Å². The zero-order chi connectivity index (χ0) is 19.8. The van der Waals surface area contributed by atoms with E-state index < -0.39 is 0 Å². The van der Waals surface area contributed by atoms with Crippen molar-refractivity contribution in [2.45, 2.75) is 39.3 Å². The van der Waals surface area contributed by atoms with E-state index in [-0.39, 0.29) is 17.8 Å². The summed E-state index contributed by atoms with van der Waals surface area (Å²) in [6, 6.07) is 7.18. The standard InChI is InChI=1S/C20H24ClN5O2/c1-3-25-16-17(22-19(25)24-11-5-4-6-12-24)23(2)20(28)26(18(16)27)13-14-7-9-15(21)10-8-14/h7-10H,3-6,11-13H2,1-2H3. The minimum Gasteiger partial charge on any atom is -0.342 e. The lowest BCUT2D eigenvalue weighted by Crippen LogP contribution is -2.40. The maximum atomic E-state index is 13.3. The summed E-state index contributed by atoms with van der Waals surface area (Å²) >= 11 is 5.95. The van der Waals surface area contributed by atoms with Gasteiger partial charge in [-0.15, -0.1) is 0 Å². The lowest BCUT2D eigenvalue weighted by molar-refractivity contribution is 0.558. The fraction of sp³-hybridized carbons (Fsp3) is 0.450. The van der Waals surface area contributed by atoms with Gasteiger partial charge in [0.1, 0.15) is 0 Å². The highest BCUT2D eigenvalue weighted by molar-refractivity contribution is 6.30. The molecule has 1 fully saturated rings. The molecule has 0 amide bonds. The first-order valence-electron chi connectivity index (χ1n) is 9.70. The van der Waals surface area contributed by atoms with Crippen molar-refractivity contribution in [2.24, 2.45) is 7.05 Å². The summed E-state index contributed by atoms with van der Waals surface area (Å²) in [5.74, 6) is 0.786. The zero-order valence-corrected chi connectivity index (χ0v) is 16.9. The van der Waals surface area contributed by atoms with Crippen LogP contribution in [-0.2, 0) is 20.1 Å². The van der Waals surface area contributed by atoms with E-state index in [9.17, 15) is 9.59 Å². The molecule has 1 saturated heterocycles. The largest absolute Gasteiger partial charge is 0.342 e. The predicted molar refractivity (Wildman–Crippen MR) is 112 cm³/mol. The maximum absolute atomic E-state index is 13.3. The van der Waals surface area contributed by atoms with E-state index in [1.807, 2.05) is 23.6 Å². The quantitative estimate of drug-likeness (QED) is 0.674. The minimum atomic E-state index is -0.363. The lowest BCUT2D eigenvalue weighted by atomic mass is 10.1. The van der Waals surface area contributed by atoms with Crippen LogP contribution in [-0.4, -0.2) is 31.8 Å². The average Bonchev–Trinajstić information content (AvgIpc) is 3.11. The third-order valence-corrected chi connectivity index (χ3v) is 5.67. The second kappa shape index (κ2) is 7.47. The van der Waals surface area contributed by atoms with E-state index in [4.69, 9.17) is 16.6 Å². The van der Waals surface area contributed by atoms with Crippen molar-refractivity contribution in [3.63, 3.8) is 0 Å². The zero-order valence-electron chi connectivity index (χ0n) is 16.2. The van der Waals surface area contributed by atoms with Crippen molar-refractivity contribution >= 4 is 28.7 Å². The molecule has 0 radical (unpaired) electrons. The highest BCUT2D eigenvalue weighted by Crippen LogP contribution is 2.23. The van der Waals surface area contributed by atoms with Crippen LogP contribution in [0.2, 0.25) is 5.02 Å². The number of rotatable bonds is 4. The van der Waals surface area contributed by atoms with Gasteiger partial charge in [0.25, 0.3) is 5.56 Å². The summed E-state index contributed by atoms with van der Waals surface area (Å²) < 4.78 is 4.70. The van der Waals surface area contributed by atoms with Gasteiger partial charge in [-0.25, -0.2) is 4.79 Å². The number of fused-ring (bicyclic) bond motifs is 1. The second-order valence-corrected chi connectivity index (χ2v) is 7.67. The van der Waals surface area contributed by atoms with Crippen molar-refractivity contribution in [1.29, 1.82) is 0 Å². The van der Waals surface area contributed by atoms with Crippen LogP contribution in [0, 0.1) is 0 Å². The Morgan fingerprint density at radius 1 is 1.04 bits per heavy atom. The number of benzene rings is 1. The van der Waals surface area contributed by atoms with Crippen molar-refractivity contribution in [3.05, 3.63) is 55.7 Å². The monoisotopic (exact) mass is 401 g/mol. The SMILES string of the molecule is CCn1c(N2CCCCC2)nc2c1c(=O)n(Cc1ccc(Cl)cc1)c(=O)n2C. The summed E-state index contributed by atoms with van der Waals surface area (Å²) in [6.45, 7) is 4.68. The molecule has 7 nitrogen and oxygen atoms in total. The molecule has 0 aliphatic carbocycles. The molecule has 3 heterocycles.